The Hall–Kier alpha value is -0.120. The van der Waals surface area contributed by atoms with E-state index in [-0.39, 0.29) is 5.54 Å². The Morgan fingerprint density at radius 3 is 2.55 bits per heavy atom. The molecule has 0 bridgehead atoms. The molecule has 0 aromatic heterocycles. The van der Waals surface area contributed by atoms with Crippen LogP contribution in [0.1, 0.15) is 54.4 Å². The van der Waals surface area contributed by atoms with Crippen LogP contribution in [0.3, 0.4) is 0 Å². The molecule has 1 saturated heterocycles. The van der Waals surface area contributed by atoms with Gasteiger partial charge >= 0.3 is 0 Å². The number of nitrogens with zero attached hydrogens (tertiary/aromatic N) is 1. The summed E-state index contributed by atoms with van der Waals surface area (Å²) in [5, 5.41) is 3.72. The molecule has 0 aromatic rings. The summed E-state index contributed by atoms with van der Waals surface area (Å²) in [6, 6.07) is 0.628. The smallest absolute Gasteiger partial charge is 0.0593 e. The standard InChI is InChI=1S/C17H36N2O/c1-7-15(4)16-12-19(17(5,6)13-18-16)9-11-20-10-8-14(2)3/h14-16,18H,7-13H2,1-6H3. The molecular weight excluding hydrogens is 248 g/mol. The number of piperazine rings is 1. The first-order valence-corrected chi connectivity index (χ1v) is 8.43. The molecule has 0 amide bonds. The quantitative estimate of drug-likeness (QED) is 0.693. The van der Waals surface area contributed by atoms with Crippen molar-refractivity contribution in [3.63, 3.8) is 0 Å². The Kier molecular flexibility index (Phi) is 7.49. The Balaban J connectivity index is 2.35. The van der Waals surface area contributed by atoms with E-state index in [9.17, 15) is 0 Å². The molecule has 2 unspecified atom stereocenters. The molecule has 0 aromatic carbocycles. The van der Waals surface area contributed by atoms with Crippen LogP contribution in [0.4, 0.5) is 0 Å². The van der Waals surface area contributed by atoms with Crippen LogP contribution in [0.25, 0.3) is 0 Å². The third-order valence-electron chi connectivity index (χ3n) is 4.75. The Morgan fingerprint density at radius 1 is 1.25 bits per heavy atom. The van der Waals surface area contributed by atoms with E-state index in [4.69, 9.17) is 4.74 Å². The molecule has 1 aliphatic heterocycles. The molecular formula is C17H36N2O. The van der Waals surface area contributed by atoms with Gasteiger partial charge in [-0.3, -0.25) is 4.90 Å². The number of hydrogen-bond acceptors (Lipinski definition) is 3. The van der Waals surface area contributed by atoms with Gasteiger partial charge in [-0.2, -0.15) is 0 Å². The highest BCUT2D eigenvalue weighted by Gasteiger charge is 2.34. The van der Waals surface area contributed by atoms with Crippen molar-refractivity contribution in [3.8, 4) is 0 Å². The van der Waals surface area contributed by atoms with Gasteiger partial charge in [0.05, 0.1) is 6.61 Å². The van der Waals surface area contributed by atoms with Crippen LogP contribution >= 0.6 is 0 Å². The molecule has 1 fully saturated rings. The van der Waals surface area contributed by atoms with Gasteiger partial charge in [0, 0.05) is 37.8 Å². The summed E-state index contributed by atoms with van der Waals surface area (Å²) in [7, 11) is 0. The molecule has 1 rings (SSSR count). The zero-order valence-corrected chi connectivity index (χ0v) is 14.5. The number of hydrogen-bond donors (Lipinski definition) is 1. The van der Waals surface area contributed by atoms with Gasteiger partial charge in [0.15, 0.2) is 0 Å². The normalized spacial score (nSPS) is 25.1. The average Bonchev–Trinajstić information content (AvgIpc) is 2.38. The van der Waals surface area contributed by atoms with Crippen LogP contribution in [0.5, 0.6) is 0 Å². The Bertz CT molecular complexity index is 266. The van der Waals surface area contributed by atoms with Crippen LogP contribution < -0.4 is 5.32 Å². The SMILES string of the molecule is CCC(C)C1CN(CCOCCC(C)C)C(C)(C)CN1. The van der Waals surface area contributed by atoms with Crippen LogP contribution in [-0.2, 0) is 4.74 Å². The lowest BCUT2D eigenvalue weighted by Crippen LogP contribution is -2.63. The van der Waals surface area contributed by atoms with Gasteiger partial charge < -0.3 is 10.1 Å². The van der Waals surface area contributed by atoms with Crippen molar-refractivity contribution in [3.05, 3.63) is 0 Å². The zero-order valence-electron chi connectivity index (χ0n) is 14.5. The van der Waals surface area contributed by atoms with E-state index in [1.54, 1.807) is 0 Å². The van der Waals surface area contributed by atoms with Crippen molar-refractivity contribution in [2.45, 2.75) is 66.0 Å². The van der Waals surface area contributed by atoms with Gasteiger partial charge in [0.2, 0.25) is 0 Å². The van der Waals surface area contributed by atoms with Crippen molar-refractivity contribution >= 4 is 0 Å². The summed E-state index contributed by atoms with van der Waals surface area (Å²) in [6.45, 7) is 18.9. The largest absolute Gasteiger partial charge is 0.380 e. The topological polar surface area (TPSA) is 24.5 Å². The fourth-order valence-electron chi connectivity index (χ4n) is 2.70. The molecule has 0 spiro atoms. The van der Waals surface area contributed by atoms with Gasteiger partial charge in [-0.15, -0.1) is 0 Å². The van der Waals surface area contributed by atoms with E-state index in [1.807, 2.05) is 0 Å². The second-order valence-corrected chi connectivity index (χ2v) is 7.43. The van der Waals surface area contributed by atoms with Gasteiger partial charge in [-0.05, 0) is 32.1 Å². The van der Waals surface area contributed by atoms with Gasteiger partial charge in [0.25, 0.3) is 0 Å². The molecule has 3 nitrogen and oxygen atoms in total. The minimum absolute atomic E-state index is 0.241. The molecule has 3 heteroatoms. The minimum Gasteiger partial charge on any atom is -0.380 e. The average molecular weight is 284 g/mol. The van der Waals surface area contributed by atoms with Crippen LogP contribution in [0.15, 0.2) is 0 Å². The van der Waals surface area contributed by atoms with Crippen LogP contribution in [0.2, 0.25) is 0 Å². The second kappa shape index (κ2) is 8.35. The monoisotopic (exact) mass is 284 g/mol. The van der Waals surface area contributed by atoms with E-state index < -0.39 is 0 Å². The highest BCUT2D eigenvalue weighted by molar-refractivity contribution is 4.94. The highest BCUT2D eigenvalue weighted by atomic mass is 16.5. The first kappa shape index (κ1) is 17.9. The molecule has 1 N–H and O–H groups in total. The molecule has 2 atom stereocenters. The Labute approximate surface area is 126 Å². The summed E-state index contributed by atoms with van der Waals surface area (Å²) in [5.74, 6) is 1.48. The predicted octanol–water partition coefficient (Wildman–Crippen LogP) is 3.15. The summed E-state index contributed by atoms with van der Waals surface area (Å²) in [6.07, 6.45) is 2.41. The van der Waals surface area contributed by atoms with Crippen molar-refractivity contribution in [2.75, 3.05) is 32.8 Å². The first-order valence-electron chi connectivity index (χ1n) is 8.43. The van der Waals surface area contributed by atoms with Gasteiger partial charge in [0.1, 0.15) is 0 Å². The van der Waals surface area contributed by atoms with E-state index >= 15 is 0 Å². The lowest BCUT2D eigenvalue weighted by atomic mass is 9.91. The number of ether oxygens (including phenoxy) is 1. The number of rotatable bonds is 8. The highest BCUT2D eigenvalue weighted by Crippen LogP contribution is 2.22. The molecule has 120 valence electrons. The van der Waals surface area contributed by atoms with Gasteiger partial charge in [-0.25, -0.2) is 0 Å². The van der Waals surface area contributed by atoms with Crippen molar-refractivity contribution < 1.29 is 4.74 Å². The summed E-state index contributed by atoms with van der Waals surface area (Å²) in [5.41, 5.74) is 0.241. The summed E-state index contributed by atoms with van der Waals surface area (Å²) < 4.78 is 5.80. The lowest BCUT2D eigenvalue weighted by Gasteiger charge is -2.47. The molecule has 1 aliphatic rings. The van der Waals surface area contributed by atoms with E-state index in [0.717, 1.165) is 44.7 Å². The maximum absolute atomic E-state index is 5.80. The molecule has 20 heavy (non-hydrogen) atoms. The maximum atomic E-state index is 5.80. The number of nitrogens with one attached hydrogen (secondary N) is 1. The fraction of sp³-hybridized carbons (Fsp3) is 1.00. The fourth-order valence-corrected chi connectivity index (χ4v) is 2.70. The molecule has 0 aliphatic carbocycles. The molecule has 0 radical (unpaired) electrons. The molecule has 0 saturated carbocycles. The zero-order chi connectivity index (χ0) is 15.2. The second-order valence-electron chi connectivity index (χ2n) is 7.43. The van der Waals surface area contributed by atoms with E-state index in [1.165, 1.54) is 12.8 Å². The van der Waals surface area contributed by atoms with E-state index in [0.29, 0.717) is 6.04 Å². The van der Waals surface area contributed by atoms with Crippen molar-refractivity contribution in [1.82, 2.24) is 10.2 Å². The van der Waals surface area contributed by atoms with Crippen LogP contribution in [0, 0.1) is 11.8 Å². The van der Waals surface area contributed by atoms with Crippen molar-refractivity contribution in [1.29, 1.82) is 0 Å². The summed E-state index contributed by atoms with van der Waals surface area (Å²) >= 11 is 0. The first-order chi connectivity index (χ1) is 9.36. The maximum Gasteiger partial charge on any atom is 0.0593 e. The molecule has 1 heterocycles. The minimum atomic E-state index is 0.241. The summed E-state index contributed by atoms with van der Waals surface area (Å²) in [4.78, 5) is 2.61. The van der Waals surface area contributed by atoms with E-state index in [2.05, 4.69) is 51.8 Å². The predicted molar refractivity (Wildman–Crippen MR) is 87.2 cm³/mol. The lowest BCUT2D eigenvalue weighted by molar-refractivity contribution is 0.0184. The third kappa shape index (κ3) is 5.71. The Morgan fingerprint density at radius 2 is 1.95 bits per heavy atom. The van der Waals surface area contributed by atoms with Crippen LogP contribution in [-0.4, -0.2) is 49.3 Å². The van der Waals surface area contributed by atoms with Crippen molar-refractivity contribution in [2.24, 2.45) is 11.8 Å². The third-order valence-corrected chi connectivity index (χ3v) is 4.75. The van der Waals surface area contributed by atoms with Gasteiger partial charge in [-0.1, -0.05) is 34.1 Å².